The molecule has 4 aromatic rings. The zero-order valence-corrected chi connectivity index (χ0v) is 20.5. The third-order valence-corrected chi connectivity index (χ3v) is 5.84. The van der Waals surface area contributed by atoms with Crippen molar-refractivity contribution in [3.05, 3.63) is 72.1 Å². The van der Waals surface area contributed by atoms with Crippen LogP contribution in [0.5, 0.6) is 0 Å². The number of para-hydroxylation sites is 2. The molecule has 2 aromatic carbocycles. The predicted molar refractivity (Wildman–Crippen MR) is 135 cm³/mol. The number of likely N-dealkylation sites (N-methyl/N-ethyl adjacent to an activating group) is 1. The van der Waals surface area contributed by atoms with E-state index in [9.17, 15) is 14.4 Å². The number of ether oxygens (including phenoxy) is 2. The Balaban J connectivity index is 1.55. The van der Waals surface area contributed by atoms with Gasteiger partial charge in [0, 0.05) is 29.9 Å². The maximum atomic E-state index is 13.1. The number of benzene rings is 2. The fourth-order valence-electron chi connectivity index (χ4n) is 4.16. The molecule has 0 aliphatic rings. The smallest absolute Gasteiger partial charge is 0.418 e. The van der Waals surface area contributed by atoms with E-state index < -0.39 is 17.7 Å². The van der Waals surface area contributed by atoms with Crippen LogP contribution in [0.25, 0.3) is 21.9 Å². The third kappa shape index (κ3) is 5.19. The molecule has 0 aliphatic carbocycles. The average Bonchev–Trinajstić information content (AvgIpc) is 3.44. The summed E-state index contributed by atoms with van der Waals surface area (Å²) in [5.41, 5.74) is 0.688. The summed E-state index contributed by atoms with van der Waals surface area (Å²) < 4.78 is 17.7. The van der Waals surface area contributed by atoms with Gasteiger partial charge in [-0.1, -0.05) is 36.4 Å². The van der Waals surface area contributed by atoms with Gasteiger partial charge in [0.15, 0.2) is 6.61 Å². The topological polar surface area (TPSA) is 112 Å². The highest BCUT2D eigenvalue weighted by Crippen LogP contribution is 2.26. The van der Waals surface area contributed by atoms with Gasteiger partial charge < -0.3 is 24.5 Å². The Labute approximate surface area is 208 Å². The summed E-state index contributed by atoms with van der Waals surface area (Å²) in [6, 6.07) is 16.6. The summed E-state index contributed by atoms with van der Waals surface area (Å²) >= 11 is 0. The van der Waals surface area contributed by atoms with Crippen molar-refractivity contribution in [3.8, 4) is 0 Å². The zero-order chi connectivity index (χ0) is 25.7. The highest BCUT2D eigenvalue weighted by atomic mass is 16.6. The Hall–Kier alpha value is -4.27. The molecule has 1 atom stereocenters. The van der Waals surface area contributed by atoms with E-state index >= 15 is 0 Å². The molecular weight excluding hydrogens is 462 g/mol. The number of nitrogens with zero attached hydrogens (tertiary/aromatic N) is 1. The molecule has 2 N–H and O–H groups in total. The summed E-state index contributed by atoms with van der Waals surface area (Å²) in [4.78, 5) is 38.4. The molecule has 9 nitrogen and oxygen atoms in total. The Bertz CT molecular complexity index is 1370. The van der Waals surface area contributed by atoms with Crippen LogP contribution >= 0.6 is 0 Å². The fourth-order valence-corrected chi connectivity index (χ4v) is 4.16. The molecule has 0 spiro atoms. The molecule has 0 bridgehead atoms. The molecule has 2 aromatic heterocycles. The van der Waals surface area contributed by atoms with Crippen molar-refractivity contribution in [2.24, 2.45) is 0 Å². The highest BCUT2D eigenvalue weighted by Gasteiger charge is 2.36. The largest absolute Gasteiger partial charge is 0.457 e. The van der Waals surface area contributed by atoms with Gasteiger partial charge in [0.05, 0.1) is 12.1 Å². The van der Waals surface area contributed by atoms with Gasteiger partial charge in [-0.25, -0.2) is 9.59 Å². The van der Waals surface area contributed by atoms with Crippen molar-refractivity contribution < 1.29 is 28.3 Å². The molecule has 36 heavy (non-hydrogen) atoms. The molecule has 2 amide bonds. The summed E-state index contributed by atoms with van der Waals surface area (Å²) in [5.74, 6) is 0.113. The van der Waals surface area contributed by atoms with E-state index in [1.807, 2.05) is 42.5 Å². The molecule has 9 heteroatoms. The first kappa shape index (κ1) is 24.8. The Morgan fingerprint density at radius 2 is 1.78 bits per heavy atom. The molecule has 0 aliphatic heterocycles. The molecule has 188 valence electrons. The van der Waals surface area contributed by atoms with Gasteiger partial charge in [-0.15, -0.1) is 0 Å². The number of hydrogen-bond acceptors (Lipinski definition) is 6. The van der Waals surface area contributed by atoms with Crippen LogP contribution in [-0.2, 0) is 27.3 Å². The van der Waals surface area contributed by atoms with Crippen LogP contribution in [0.4, 0.5) is 9.59 Å². The summed E-state index contributed by atoms with van der Waals surface area (Å²) in [6.07, 6.45) is 0.476. The number of carbonyl (C=O) groups excluding carboxylic acids is 3. The minimum Gasteiger partial charge on any atom is -0.457 e. The van der Waals surface area contributed by atoms with E-state index in [0.717, 1.165) is 10.8 Å². The number of amides is 2. The van der Waals surface area contributed by atoms with Gasteiger partial charge in [0.1, 0.15) is 16.9 Å². The molecule has 0 radical (unpaired) electrons. The van der Waals surface area contributed by atoms with Crippen LogP contribution < -0.4 is 10.6 Å². The van der Waals surface area contributed by atoms with E-state index in [-0.39, 0.29) is 25.5 Å². The van der Waals surface area contributed by atoms with Gasteiger partial charge in [-0.05, 0) is 44.5 Å². The number of rotatable bonds is 8. The van der Waals surface area contributed by atoms with E-state index in [1.54, 1.807) is 39.1 Å². The van der Waals surface area contributed by atoms with Crippen LogP contribution in [0.3, 0.4) is 0 Å². The second kappa shape index (κ2) is 10.6. The molecular formula is C27H29N3O6. The third-order valence-electron chi connectivity index (χ3n) is 5.84. The van der Waals surface area contributed by atoms with Crippen LogP contribution in [0.1, 0.15) is 32.1 Å². The average molecular weight is 492 g/mol. The second-order valence-electron chi connectivity index (χ2n) is 8.56. The van der Waals surface area contributed by atoms with E-state index in [2.05, 4.69) is 10.6 Å². The first-order valence-corrected chi connectivity index (χ1v) is 11.8. The van der Waals surface area contributed by atoms with E-state index in [1.165, 1.54) is 4.57 Å². The molecule has 2 heterocycles. The number of furan rings is 1. The normalized spacial score (nSPS) is 12.8. The molecule has 0 fully saturated rings. The lowest BCUT2D eigenvalue weighted by Gasteiger charge is -2.29. The molecule has 0 saturated heterocycles. The van der Waals surface area contributed by atoms with Crippen LogP contribution in [0, 0.1) is 0 Å². The minimum atomic E-state index is -1.36. The summed E-state index contributed by atoms with van der Waals surface area (Å²) in [7, 11) is 0. The number of alkyl carbamates (subject to hydrolysis) is 1. The van der Waals surface area contributed by atoms with Gasteiger partial charge in [-0.2, -0.15) is 0 Å². The van der Waals surface area contributed by atoms with E-state index in [0.29, 0.717) is 29.0 Å². The van der Waals surface area contributed by atoms with Crippen LogP contribution in [-0.4, -0.2) is 41.4 Å². The number of carbonyl (C=O) groups is 3. The maximum absolute atomic E-state index is 13.1. The van der Waals surface area contributed by atoms with Gasteiger partial charge in [-0.3, -0.25) is 9.36 Å². The number of fused-ring (bicyclic) bond motifs is 2. The summed E-state index contributed by atoms with van der Waals surface area (Å²) in [5, 5.41) is 7.17. The first-order valence-electron chi connectivity index (χ1n) is 11.8. The quantitative estimate of drug-likeness (QED) is 0.368. The lowest BCUT2D eigenvalue weighted by molar-refractivity contribution is -0.126. The number of hydrogen-bond donors (Lipinski definition) is 2. The monoisotopic (exact) mass is 491 g/mol. The lowest BCUT2D eigenvalue weighted by Crippen LogP contribution is -2.58. The highest BCUT2D eigenvalue weighted by molar-refractivity contribution is 5.94. The number of aromatic nitrogens is 1. The zero-order valence-electron chi connectivity index (χ0n) is 20.5. The minimum absolute atomic E-state index is 0.0891. The van der Waals surface area contributed by atoms with Crippen molar-refractivity contribution in [1.29, 1.82) is 0 Å². The Kier molecular flexibility index (Phi) is 7.28. The Morgan fingerprint density at radius 3 is 2.53 bits per heavy atom. The Morgan fingerprint density at radius 1 is 1.03 bits per heavy atom. The first-order chi connectivity index (χ1) is 17.3. The second-order valence-corrected chi connectivity index (χ2v) is 8.56. The van der Waals surface area contributed by atoms with Gasteiger partial charge in [0.25, 0.3) is 0 Å². The standard InChI is InChI=1S/C27H29N3O6/c1-4-28-24(31)27(3,29-25(32)35-17-20-14-18-10-6-9-13-23(18)36-20)15-19-16-30(26(33)34-5-2)22-12-8-7-11-21(19)22/h6-14,16H,4-5,15,17H2,1-3H3,(H,28,31)(H,29,32)/t27-/m1/s1. The van der Waals surface area contributed by atoms with Crippen LogP contribution in [0.2, 0.25) is 0 Å². The van der Waals surface area contributed by atoms with Crippen LogP contribution in [0.15, 0.2) is 65.2 Å². The van der Waals surface area contributed by atoms with Crippen molar-refractivity contribution >= 4 is 40.0 Å². The fraction of sp³-hybridized carbons (Fsp3) is 0.296. The van der Waals surface area contributed by atoms with Crippen molar-refractivity contribution in [2.45, 2.75) is 39.3 Å². The van der Waals surface area contributed by atoms with Crippen molar-refractivity contribution in [1.82, 2.24) is 15.2 Å². The summed E-state index contributed by atoms with van der Waals surface area (Å²) in [6.45, 7) is 5.68. The maximum Gasteiger partial charge on any atom is 0.418 e. The van der Waals surface area contributed by atoms with Gasteiger partial charge in [0.2, 0.25) is 5.91 Å². The SMILES string of the molecule is CCNC(=O)[C@@](C)(Cc1cn(C(=O)OCC)c2ccccc12)NC(=O)OCc1cc2ccccc2o1. The van der Waals surface area contributed by atoms with E-state index in [4.69, 9.17) is 13.9 Å². The lowest BCUT2D eigenvalue weighted by atomic mass is 9.91. The van der Waals surface area contributed by atoms with Gasteiger partial charge >= 0.3 is 12.2 Å². The molecule has 4 rings (SSSR count). The van der Waals surface area contributed by atoms with Crippen molar-refractivity contribution in [2.75, 3.05) is 13.2 Å². The predicted octanol–water partition coefficient (Wildman–Crippen LogP) is 4.76. The number of nitrogens with one attached hydrogen (secondary N) is 2. The molecule has 0 saturated carbocycles. The molecule has 0 unspecified atom stereocenters. The van der Waals surface area contributed by atoms with Crippen molar-refractivity contribution in [3.63, 3.8) is 0 Å².